The fourth-order valence-electron chi connectivity index (χ4n) is 1.25. The number of hydrogen-bond donors (Lipinski definition) is 0. The van der Waals surface area contributed by atoms with E-state index in [1.165, 1.54) is 25.7 Å². The molecule has 0 bridgehead atoms. The molecule has 3 heteroatoms. The van der Waals surface area contributed by atoms with E-state index < -0.39 is 0 Å². The molecule has 3 nitrogen and oxygen atoms in total. The van der Waals surface area contributed by atoms with Crippen molar-refractivity contribution < 1.29 is 9.53 Å². The summed E-state index contributed by atoms with van der Waals surface area (Å²) in [4.78, 5) is 12.4. The Morgan fingerprint density at radius 1 is 1.20 bits per heavy atom. The molecule has 0 aliphatic carbocycles. The van der Waals surface area contributed by atoms with Crippen LogP contribution in [0.1, 0.15) is 39.0 Å². The van der Waals surface area contributed by atoms with Gasteiger partial charge in [-0.05, 0) is 6.42 Å². The van der Waals surface area contributed by atoms with Crippen LogP contribution in [0.2, 0.25) is 0 Å². The Balaban J connectivity index is 3.51. The highest BCUT2D eigenvalue weighted by Gasteiger charge is 1.96. The van der Waals surface area contributed by atoms with Gasteiger partial charge in [-0.1, -0.05) is 32.6 Å². The number of rotatable bonds is 9. The van der Waals surface area contributed by atoms with Crippen molar-refractivity contribution in [1.82, 2.24) is 4.90 Å². The summed E-state index contributed by atoms with van der Waals surface area (Å²) in [6.45, 7) is 2.84. The van der Waals surface area contributed by atoms with Gasteiger partial charge in [0.1, 0.15) is 0 Å². The topological polar surface area (TPSA) is 29.5 Å². The zero-order valence-corrected chi connectivity index (χ0v) is 10.2. The molecule has 0 unspecified atom stereocenters. The molecule has 0 heterocycles. The molecular weight excluding hydrogens is 190 g/mol. The molecule has 0 aromatic heterocycles. The maximum atomic E-state index is 10.6. The van der Waals surface area contributed by atoms with E-state index in [4.69, 9.17) is 4.74 Å². The molecule has 15 heavy (non-hydrogen) atoms. The zero-order valence-electron chi connectivity index (χ0n) is 10.2. The predicted octanol–water partition coefficient (Wildman–Crippen LogP) is 2.58. The monoisotopic (exact) mass is 213 g/mol. The molecule has 0 aliphatic heterocycles. The smallest absolute Gasteiger partial charge is 0.186 e. The number of ether oxygens (including phenoxy) is 1. The highest BCUT2D eigenvalue weighted by molar-refractivity contribution is 5.69. The number of nitrogens with zero attached hydrogens (tertiary/aromatic N) is 1. The Labute approximate surface area is 93.1 Å². The van der Waals surface area contributed by atoms with Crippen molar-refractivity contribution in [3.8, 4) is 0 Å². The third-order valence-corrected chi connectivity index (χ3v) is 2.02. The highest BCUT2D eigenvalue weighted by Crippen LogP contribution is 2.04. The van der Waals surface area contributed by atoms with Crippen LogP contribution >= 0.6 is 0 Å². The minimum atomic E-state index is 0.412. The molecule has 0 N–H and O–H groups in total. The molecule has 0 aromatic carbocycles. The summed E-state index contributed by atoms with van der Waals surface area (Å²) in [5, 5.41) is 0. The summed E-state index contributed by atoms with van der Waals surface area (Å²) in [5.41, 5.74) is 0. The van der Waals surface area contributed by atoms with Gasteiger partial charge in [-0.25, -0.2) is 0 Å². The quantitative estimate of drug-likeness (QED) is 0.255. The molecule has 0 saturated carbocycles. The minimum Gasteiger partial charge on any atom is -0.489 e. The maximum Gasteiger partial charge on any atom is 0.186 e. The molecule has 0 spiro atoms. The number of hydrogen-bond acceptors (Lipinski definition) is 3. The lowest BCUT2D eigenvalue weighted by Gasteiger charge is -2.09. The van der Waals surface area contributed by atoms with Gasteiger partial charge in [0.2, 0.25) is 0 Å². The Hall–Kier alpha value is -0.990. The normalized spacial score (nSPS) is 11.3. The number of carbonyl (C=O) groups is 1. The summed E-state index contributed by atoms with van der Waals surface area (Å²) in [7, 11) is 3.74. The van der Waals surface area contributed by atoms with Crippen molar-refractivity contribution in [2.24, 2.45) is 0 Å². The van der Waals surface area contributed by atoms with Gasteiger partial charge in [0, 0.05) is 20.3 Å². The SMILES string of the molecule is CCCCCCCO/C(C=O)=C/N(C)C. The number of carbonyl (C=O) groups excluding carboxylic acids is 1. The van der Waals surface area contributed by atoms with Crippen molar-refractivity contribution in [2.45, 2.75) is 39.0 Å². The zero-order chi connectivity index (χ0) is 11.5. The van der Waals surface area contributed by atoms with Gasteiger partial charge in [-0.15, -0.1) is 0 Å². The standard InChI is InChI=1S/C12H23NO2/c1-4-5-6-7-8-9-15-12(11-14)10-13(2)3/h10-11H,4-9H2,1-3H3/b12-10+. The number of aldehydes is 1. The Morgan fingerprint density at radius 2 is 1.87 bits per heavy atom. The van der Waals surface area contributed by atoms with E-state index in [1.54, 1.807) is 11.1 Å². The largest absolute Gasteiger partial charge is 0.489 e. The van der Waals surface area contributed by atoms with Crippen molar-refractivity contribution in [1.29, 1.82) is 0 Å². The van der Waals surface area contributed by atoms with E-state index in [1.807, 2.05) is 14.1 Å². The van der Waals surface area contributed by atoms with Crippen molar-refractivity contribution in [3.05, 3.63) is 12.0 Å². The van der Waals surface area contributed by atoms with Gasteiger partial charge in [0.25, 0.3) is 0 Å². The lowest BCUT2D eigenvalue weighted by atomic mass is 10.2. The van der Waals surface area contributed by atoms with E-state index in [0.717, 1.165) is 12.7 Å². The van der Waals surface area contributed by atoms with Gasteiger partial charge in [0.15, 0.2) is 12.0 Å². The first kappa shape index (κ1) is 14.0. The van der Waals surface area contributed by atoms with E-state index in [2.05, 4.69) is 6.92 Å². The van der Waals surface area contributed by atoms with E-state index >= 15 is 0 Å². The van der Waals surface area contributed by atoms with Crippen molar-refractivity contribution in [3.63, 3.8) is 0 Å². The van der Waals surface area contributed by atoms with Crippen LogP contribution in [0.4, 0.5) is 0 Å². The fraction of sp³-hybridized carbons (Fsp3) is 0.750. The first-order chi connectivity index (χ1) is 7.20. The number of allylic oxidation sites excluding steroid dienone is 1. The summed E-state index contributed by atoms with van der Waals surface area (Å²) < 4.78 is 5.33. The van der Waals surface area contributed by atoms with Crippen LogP contribution in [0.25, 0.3) is 0 Å². The second-order valence-corrected chi connectivity index (χ2v) is 3.88. The highest BCUT2D eigenvalue weighted by atomic mass is 16.5. The first-order valence-corrected chi connectivity index (χ1v) is 5.67. The Bertz CT molecular complexity index is 188. The van der Waals surface area contributed by atoms with E-state index in [-0.39, 0.29) is 0 Å². The summed E-state index contributed by atoms with van der Waals surface area (Å²) in [5.74, 6) is 0.412. The molecule has 0 amide bonds. The Morgan fingerprint density at radius 3 is 2.40 bits per heavy atom. The molecule has 0 aromatic rings. The van der Waals surface area contributed by atoms with Crippen LogP contribution in [0, 0.1) is 0 Å². The first-order valence-electron chi connectivity index (χ1n) is 5.67. The van der Waals surface area contributed by atoms with Gasteiger partial charge in [-0.2, -0.15) is 0 Å². The van der Waals surface area contributed by atoms with Crippen LogP contribution in [0.3, 0.4) is 0 Å². The lowest BCUT2D eigenvalue weighted by Crippen LogP contribution is -2.06. The van der Waals surface area contributed by atoms with Crippen LogP contribution in [0.5, 0.6) is 0 Å². The van der Waals surface area contributed by atoms with Crippen LogP contribution in [0.15, 0.2) is 12.0 Å². The van der Waals surface area contributed by atoms with Crippen molar-refractivity contribution >= 4 is 6.29 Å². The summed E-state index contributed by atoms with van der Waals surface area (Å²) >= 11 is 0. The fourth-order valence-corrected chi connectivity index (χ4v) is 1.25. The predicted molar refractivity (Wildman–Crippen MR) is 62.5 cm³/mol. The van der Waals surface area contributed by atoms with E-state index in [0.29, 0.717) is 12.4 Å². The molecule has 0 atom stereocenters. The van der Waals surface area contributed by atoms with Gasteiger partial charge in [0.05, 0.1) is 6.61 Å². The third kappa shape index (κ3) is 9.32. The molecular formula is C12H23NO2. The molecule has 0 rings (SSSR count). The minimum absolute atomic E-state index is 0.412. The number of unbranched alkanes of at least 4 members (excludes halogenated alkanes) is 4. The van der Waals surface area contributed by atoms with E-state index in [9.17, 15) is 4.79 Å². The van der Waals surface area contributed by atoms with Gasteiger partial charge < -0.3 is 9.64 Å². The van der Waals surface area contributed by atoms with Crippen LogP contribution in [-0.2, 0) is 9.53 Å². The molecule has 88 valence electrons. The maximum absolute atomic E-state index is 10.6. The van der Waals surface area contributed by atoms with Gasteiger partial charge in [-0.3, -0.25) is 4.79 Å². The van der Waals surface area contributed by atoms with Crippen molar-refractivity contribution in [2.75, 3.05) is 20.7 Å². The van der Waals surface area contributed by atoms with Gasteiger partial charge >= 0.3 is 0 Å². The lowest BCUT2D eigenvalue weighted by molar-refractivity contribution is -0.108. The Kier molecular flexibility index (Phi) is 8.93. The average Bonchev–Trinajstić information content (AvgIpc) is 2.20. The molecule has 0 fully saturated rings. The second kappa shape index (κ2) is 9.56. The molecule has 0 radical (unpaired) electrons. The summed E-state index contributed by atoms with van der Waals surface area (Å²) in [6.07, 6.45) is 8.45. The van der Waals surface area contributed by atoms with Crippen LogP contribution in [-0.4, -0.2) is 31.9 Å². The third-order valence-electron chi connectivity index (χ3n) is 2.02. The summed E-state index contributed by atoms with van der Waals surface area (Å²) in [6, 6.07) is 0. The molecule has 0 aliphatic rings. The molecule has 0 saturated heterocycles. The average molecular weight is 213 g/mol. The second-order valence-electron chi connectivity index (χ2n) is 3.88. The van der Waals surface area contributed by atoms with Crippen LogP contribution < -0.4 is 0 Å².